The summed E-state index contributed by atoms with van der Waals surface area (Å²) < 4.78 is 0. The van der Waals surface area contributed by atoms with Crippen LogP contribution in [0.25, 0.3) is 0 Å². The predicted molar refractivity (Wildman–Crippen MR) is 78.6 cm³/mol. The highest BCUT2D eigenvalue weighted by atomic mass is 16.2. The van der Waals surface area contributed by atoms with Crippen LogP contribution >= 0.6 is 0 Å². The number of carbonyl (C=O) groups is 1. The lowest BCUT2D eigenvalue weighted by molar-refractivity contribution is -0.0321. The van der Waals surface area contributed by atoms with Crippen LogP contribution in [0.4, 0.5) is 0 Å². The Balaban J connectivity index is 1.58. The van der Waals surface area contributed by atoms with E-state index in [0.717, 1.165) is 37.8 Å². The van der Waals surface area contributed by atoms with E-state index in [-0.39, 0.29) is 17.0 Å². The first-order valence-corrected chi connectivity index (χ1v) is 7.85. The summed E-state index contributed by atoms with van der Waals surface area (Å²) >= 11 is 0. The smallest absolute Gasteiger partial charge is 0.271 e. The second kappa shape index (κ2) is 4.26. The summed E-state index contributed by atoms with van der Waals surface area (Å²) in [5.41, 5.74) is 7.58. The minimum absolute atomic E-state index is 0.0599. The van der Waals surface area contributed by atoms with E-state index in [2.05, 4.69) is 15.3 Å². The van der Waals surface area contributed by atoms with E-state index < -0.39 is 0 Å². The molecule has 4 aliphatic carbocycles. The fourth-order valence-corrected chi connectivity index (χ4v) is 5.36. The number of nitrogens with zero attached hydrogens (tertiary/aromatic N) is 2. The summed E-state index contributed by atoms with van der Waals surface area (Å²) in [6.45, 7) is 1.85. The lowest BCUT2D eigenvalue weighted by Gasteiger charge is -2.61. The van der Waals surface area contributed by atoms with E-state index in [1.807, 2.05) is 6.92 Å². The quantitative estimate of drug-likeness (QED) is 0.864. The van der Waals surface area contributed by atoms with Gasteiger partial charge in [0.05, 0.1) is 11.9 Å². The molecule has 1 aromatic rings. The Bertz CT molecular complexity index is 586. The van der Waals surface area contributed by atoms with E-state index in [9.17, 15) is 4.79 Å². The first kappa shape index (κ1) is 13.2. The molecule has 5 rings (SSSR count). The van der Waals surface area contributed by atoms with Crippen molar-refractivity contribution in [3.05, 3.63) is 23.8 Å². The molecule has 5 nitrogen and oxygen atoms in total. The lowest BCUT2D eigenvalue weighted by Crippen LogP contribution is -2.68. The second-order valence-corrected chi connectivity index (χ2v) is 7.60. The normalized spacial score (nSPS) is 40.3. The molecular weight excluding hydrogens is 264 g/mol. The van der Waals surface area contributed by atoms with Crippen molar-refractivity contribution in [2.75, 3.05) is 0 Å². The van der Waals surface area contributed by atoms with Crippen LogP contribution in [-0.4, -0.2) is 27.0 Å². The monoisotopic (exact) mass is 286 g/mol. The molecule has 4 aliphatic rings. The number of hydrogen-bond donors (Lipinski definition) is 2. The van der Waals surface area contributed by atoms with Gasteiger partial charge < -0.3 is 11.1 Å². The SMILES string of the molecule is Cc1cncc(C(=O)NC23CC4CC(CC(N)(C4)C2)C3)n1. The number of nitrogens with two attached hydrogens (primary N) is 1. The van der Waals surface area contributed by atoms with Crippen molar-refractivity contribution in [1.82, 2.24) is 15.3 Å². The van der Waals surface area contributed by atoms with Crippen molar-refractivity contribution in [2.24, 2.45) is 17.6 Å². The summed E-state index contributed by atoms with van der Waals surface area (Å²) in [6.07, 6.45) is 9.83. The number of amides is 1. The Hall–Kier alpha value is -1.49. The lowest BCUT2D eigenvalue weighted by atomic mass is 9.50. The Labute approximate surface area is 124 Å². The highest BCUT2D eigenvalue weighted by Gasteiger charge is 2.56. The molecule has 0 spiro atoms. The van der Waals surface area contributed by atoms with Crippen LogP contribution in [0, 0.1) is 18.8 Å². The van der Waals surface area contributed by atoms with Gasteiger partial charge in [0.25, 0.3) is 5.91 Å². The maximum Gasteiger partial charge on any atom is 0.271 e. The number of aromatic nitrogens is 2. The fourth-order valence-electron chi connectivity index (χ4n) is 5.36. The van der Waals surface area contributed by atoms with Crippen molar-refractivity contribution in [3.63, 3.8) is 0 Å². The molecule has 21 heavy (non-hydrogen) atoms. The Morgan fingerprint density at radius 3 is 2.62 bits per heavy atom. The van der Waals surface area contributed by atoms with Gasteiger partial charge in [-0.3, -0.25) is 9.78 Å². The van der Waals surface area contributed by atoms with Crippen LogP contribution in [0.2, 0.25) is 0 Å². The van der Waals surface area contributed by atoms with Crippen LogP contribution in [-0.2, 0) is 0 Å². The van der Waals surface area contributed by atoms with Gasteiger partial charge in [0.15, 0.2) is 0 Å². The van der Waals surface area contributed by atoms with Gasteiger partial charge in [0.2, 0.25) is 0 Å². The zero-order valence-electron chi connectivity index (χ0n) is 12.4. The summed E-state index contributed by atoms with van der Waals surface area (Å²) in [4.78, 5) is 20.9. The van der Waals surface area contributed by atoms with Crippen LogP contribution in [0.15, 0.2) is 12.4 Å². The predicted octanol–water partition coefficient (Wildman–Crippen LogP) is 1.56. The Morgan fingerprint density at radius 1 is 1.29 bits per heavy atom. The van der Waals surface area contributed by atoms with Gasteiger partial charge >= 0.3 is 0 Å². The maximum atomic E-state index is 12.5. The largest absolute Gasteiger partial charge is 0.345 e. The third kappa shape index (κ3) is 2.24. The zero-order chi connectivity index (χ0) is 14.7. The Kier molecular flexibility index (Phi) is 2.67. The molecule has 112 valence electrons. The van der Waals surface area contributed by atoms with E-state index in [4.69, 9.17) is 5.73 Å². The molecule has 1 amide bonds. The zero-order valence-corrected chi connectivity index (χ0v) is 12.4. The van der Waals surface area contributed by atoms with Crippen molar-refractivity contribution in [1.29, 1.82) is 0 Å². The summed E-state index contributed by atoms with van der Waals surface area (Å²) in [7, 11) is 0. The van der Waals surface area contributed by atoms with Gasteiger partial charge in [0, 0.05) is 17.3 Å². The summed E-state index contributed by atoms with van der Waals surface area (Å²) in [5.74, 6) is 1.26. The average molecular weight is 286 g/mol. The molecule has 4 bridgehead atoms. The Morgan fingerprint density at radius 2 is 2.00 bits per heavy atom. The second-order valence-electron chi connectivity index (χ2n) is 7.60. The van der Waals surface area contributed by atoms with E-state index in [0.29, 0.717) is 17.5 Å². The molecule has 4 saturated carbocycles. The topological polar surface area (TPSA) is 80.9 Å². The van der Waals surface area contributed by atoms with Crippen LogP contribution in [0.1, 0.15) is 54.7 Å². The molecule has 2 atom stereocenters. The minimum Gasteiger partial charge on any atom is -0.345 e. The van der Waals surface area contributed by atoms with Gasteiger partial charge in [-0.25, -0.2) is 4.98 Å². The molecule has 0 aliphatic heterocycles. The number of carbonyl (C=O) groups excluding carboxylic acids is 1. The highest BCUT2D eigenvalue weighted by molar-refractivity contribution is 5.92. The first-order valence-electron chi connectivity index (χ1n) is 7.85. The van der Waals surface area contributed by atoms with Gasteiger partial charge in [-0.05, 0) is 57.3 Å². The molecule has 2 unspecified atom stereocenters. The molecule has 1 aromatic heterocycles. The number of rotatable bonds is 2. The van der Waals surface area contributed by atoms with Crippen molar-refractivity contribution in [3.8, 4) is 0 Å². The number of aryl methyl sites for hydroxylation is 1. The maximum absolute atomic E-state index is 12.5. The molecule has 1 heterocycles. The van der Waals surface area contributed by atoms with Crippen molar-refractivity contribution in [2.45, 2.75) is 56.5 Å². The first-order chi connectivity index (χ1) is 9.95. The minimum atomic E-state index is -0.110. The molecule has 5 heteroatoms. The van der Waals surface area contributed by atoms with E-state index in [1.165, 1.54) is 6.42 Å². The van der Waals surface area contributed by atoms with Gasteiger partial charge in [-0.1, -0.05) is 0 Å². The van der Waals surface area contributed by atoms with Crippen LogP contribution in [0.5, 0.6) is 0 Å². The van der Waals surface area contributed by atoms with Crippen LogP contribution in [0.3, 0.4) is 0 Å². The summed E-state index contributed by atoms with van der Waals surface area (Å²) in [5, 5.41) is 3.27. The standard InChI is InChI=1S/C16H22N4O/c1-10-7-18-8-13(19-10)14(21)20-16-5-11-2-12(6-16)4-15(17,3-11)9-16/h7-8,11-12H,2-6,9,17H2,1H3,(H,20,21). The number of hydrogen-bond acceptors (Lipinski definition) is 4. The van der Waals surface area contributed by atoms with E-state index >= 15 is 0 Å². The summed E-state index contributed by atoms with van der Waals surface area (Å²) in [6, 6.07) is 0. The molecule has 4 fully saturated rings. The van der Waals surface area contributed by atoms with Crippen molar-refractivity contribution < 1.29 is 4.79 Å². The molecule has 3 N–H and O–H groups in total. The molecule has 0 aromatic carbocycles. The molecule has 0 radical (unpaired) electrons. The van der Waals surface area contributed by atoms with Gasteiger partial charge in [-0.15, -0.1) is 0 Å². The van der Waals surface area contributed by atoms with Gasteiger partial charge in [-0.2, -0.15) is 0 Å². The average Bonchev–Trinajstić information content (AvgIpc) is 2.34. The van der Waals surface area contributed by atoms with Gasteiger partial charge in [0.1, 0.15) is 5.69 Å². The number of nitrogens with one attached hydrogen (secondary N) is 1. The third-order valence-electron chi connectivity index (χ3n) is 5.47. The highest BCUT2D eigenvalue weighted by Crippen LogP contribution is 2.56. The third-order valence-corrected chi connectivity index (χ3v) is 5.47. The molecular formula is C16H22N4O. The fraction of sp³-hybridized carbons (Fsp3) is 0.688. The van der Waals surface area contributed by atoms with E-state index in [1.54, 1.807) is 12.4 Å². The van der Waals surface area contributed by atoms with Crippen molar-refractivity contribution >= 4 is 5.91 Å². The molecule has 0 saturated heterocycles. The van der Waals surface area contributed by atoms with Crippen LogP contribution < -0.4 is 11.1 Å².